The van der Waals surface area contributed by atoms with E-state index >= 15 is 0 Å². The third-order valence-corrected chi connectivity index (χ3v) is 2.17. The molecule has 0 unspecified atom stereocenters. The molecule has 0 fully saturated rings. The average Bonchev–Trinajstić information content (AvgIpc) is 2.36. The van der Waals surface area contributed by atoms with Crippen LogP contribution in [0.3, 0.4) is 0 Å². The number of nitrogens with one attached hydrogen (secondary N) is 2. The van der Waals surface area contributed by atoms with Crippen molar-refractivity contribution in [3.63, 3.8) is 0 Å². The normalized spacial score (nSPS) is 9.76. The second-order valence-corrected chi connectivity index (χ2v) is 3.59. The van der Waals surface area contributed by atoms with E-state index in [0.29, 0.717) is 13.0 Å². The summed E-state index contributed by atoms with van der Waals surface area (Å²) >= 11 is 0. The summed E-state index contributed by atoms with van der Waals surface area (Å²) in [6.07, 6.45) is 1.40. The summed E-state index contributed by atoms with van der Waals surface area (Å²) < 4.78 is 4.55. The van der Waals surface area contributed by atoms with E-state index in [0.717, 1.165) is 24.6 Å². The Hall–Kier alpha value is -1.78. The molecule has 0 bridgehead atoms. The Morgan fingerprint density at radius 1 is 1.29 bits per heavy atom. The van der Waals surface area contributed by atoms with Gasteiger partial charge in [0.15, 0.2) is 0 Å². The average molecular weight is 237 g/mol. The van der Waals surface area contributed by atoms with Gasteiger partial charge in [0.1, 0.15) is 11.6 Å². The molecule has 1 aromatic heterocycles. The fourth-order valence-corrected chi connectivity index (χ4v) is 1.28. The molecule has 0 amide bonds. The smallest absolute Gasteiger partial charge is 0.307 e. The first-order valence-corrected chi connectivity index (χ1v) is 5.78. The van der Waals surface area contributed by atoms with Crippen molar-refractivity contribution >= 4 is 17.6 Å². The topological polar surface area (TPSA) is 63.2 Å². The number of rotatable bonds is 7. The predicted molar refractivity (Wildman–Crippen MR) is 68.1 cm³/mol. The highest BCUT2D eigenvalue weighted by Crippen LogP contribution is 2.08. The van der Waals surface area contributed by atoms with Crippen LogP contribution in [-0.4, -0.2) is 31.2 Å². The molecular formula is C12H19N3O2. The maximum absolute atomic E-state index is 10.9. The zero-order valence-corrected chi connectivity index (χ0v) is 10.3. The molecule has 0 saturated heterocycles. The van der Waals surface area contributed by atoms with Gasteiger partial charge in [0.2, 0.25) is 0 Å². The number of methoxy groups -OCH3 is 1. The molecule has 17 heavy (non-hydrogen) atoms. The number of aromatic nitrogens is 1. The molecule has 0 saturated carbocycles. The Morgan fingerprint density at radius 3 is 2.53 bits per heavy atom. The van der Waals surface area contributed by atoms with Crippen molar-refractivity contribution in [3.05, 3.63) is 18.2 Å². The summed E-state index contributed by atoms with van der Waals surface area (Å²) in [4.78, 5) is 15.3. The lowest BCUT2D eigenvalue weighted by atomic mass is 10.4. The molecule has 1 aromatic rings. The number of carbonyl (C=O) groups excluding carboxylic acids is 1. The van der Waals surface area contributed by atoms with Crippen LogP contribution in [0, 0.1) is 0 Å². The van der Waals surface area contributed by atoms with Gasteiger partial charge in [-0.25, -0.2) is 4.98 Å². The standard InChI is InChI=1S/C12H19N3O2/c1-3-8-13-10-5-4-6-11(15-10)14-9-7-12(16)17-2/h4-6H,3,7-9H2,1-2H3,(H2,13,14,15). The van der Waals surface area contributed by atoms with Crippen molar-refractivity contribution in [2.24, 2.45) is 0 Å². The summed E-state index contributed by atoms with van der Waals surface area (Å²) in [5.41, 5.74) is 0. The maximum Gasteiger partial charge on any atom is 0.307 e. The van der Waals surface area contributed by atoms with Crippen molar-refractivity contribution in [3.8, 4) is 0 Å². The molecule has 0 aliphatic heterocycles. The van der Waals surface area contributed by atoms with Gasteiger partial charge in [0.05, 0.1) is 13.5 Å². The Morgan fingerprint density at radius 2 is 1.94 bits per heavy atom. The zero-order chi connectivity index (χ0) is 12.5. The van der Waals surface area contributed by atoms with Gasteiger partial charge in [-0.15, -0.1) is 0 Å². The molecule has 2 N–H and O–H groups in total. The molecule has 94 valence electrons. The van der Waals surface area contributed by atoms with E-state index in [2.05, 4.69) is 27.3 Å². The van der Waals surface area contributed by atoms with Crippen LogP contribution in [0.4, 0.5) is 11.6 Å². The molecule has 1 heterocycles. The van der Waals surface area contributed by atoms with Crippen LogP contribution in [0.2, 0.25) is 0 Å². The van der Waals surface area contributed by atoms with Crippen LogP contribution in [-0.2, 0) is 9.53 Å². The van der Waals surface area contributed by atoms with Crippen LogP contribution in [0.1, 0.15) is 19.8 Å². The fourth-order valence-electron chi connectivity index (χ4n) is 1.28. The van der Waals surface area contributed by atoms with Crippen molar-refractivity contribution < 1.29 is 9.53 Å². The van der Waals surface area contributed by atoms with Crippen LogP contribution in [0.25, 0.3) is 0 Å². The summed E-state index contributed by atoms with van der Waals surface area (Å²) in [7, 11) is 1.38. The first-order valence-electron chi connectivity index (χ1n) is 5.78. The van der Waals surface area contributed by atoms with Gasteiger partial charge >= 0.3 is 5.97 Å². The Balaban J connectivity index is 2.40. The maximum atomic E-state index is 10.9. The Labute approximate surface area is 102 Å². The summed E-state index contributed by atoms with van der Waals surface area (Å²) in [6, 6.07) is 5.71. The minimum absolute atomic E-state index is 0.224. The van der Waals surface area contributed by atoms with Crippen LogP contribution in [0.15, 0.2) is 18.2 Å². The monoisotopic (exact) mass is 237 g/mol. The second-order valence-electron chi connectivity index (χ2n) is 3.59. The summed E-state index contributed by atoms with van der Waals surface area (Å²) in [5.74, 6) is 1.38. The Kier molecular flexibility index (Phi) is 5.85. The highest BCUT2D eigenvalue weighted by atomic mass is 16.5. The lowest BCUT2D eigenvalue weighted by molar-refractivity contribution is -0.140. The van der Waals surface area contributed by atoms with Crippen LogP contribution in [0.5, 0.6) is 0 Å². The molecule has 0 aromatic carbocycles. The van der Waals surface area contributed by atoms with Gasteiger partial charge in [-0.05, 0) is 18.6 Å². The number of hydrogen-bond acceptors (Lipinski definition) is 5. The van der Waals surface area contributed by atoms with Gasteiger partial charge < -0.3 is 15.4 Å². The van der Waals surface area contributed by atoms with E-state index in [1.807, 2.05) is 18.2 Å². The van der Waals surface area contributed by atoms with Gasteiger partial charge in [-0.2, -0.15) is 0 Å². The molecule has 5 heteroatoms. The van der Waals surface area contributed by atoms with E-state index in [4.69, 9.17) is 0 Å². The minimum Gasteiger partial charge on any atom is -0.469 e. The van der Waals surface area contributed by atoms with E-state index in [1.165, 1.54) is 7.11 Å². The number of ether oxygens (including phenoxy) is 1. The van der Waals surface area contributed by atoms with Crippen molar-refractivity contribution in [1.29, 1.82) is 0 Å². The highest BCUT2D eigenvalue weighted by Gasteiger charge is 2.00. The molecular weight excluding hydrogens is 218 g/mol. The fraction of sp³-hybridized carbons (Fsp3) is 0.500. The van der Waals surface area contributed by atoms with E-state index in [1.54, 1.807) is 0 Å². The number of esters is 1. The molecule has 0 aliphatic carbocycles. The first kappa shape index (κ1) is 13.3. The number of nitrogens with zero attached hydrogens (tertiary/aromatic N) is 1. The predicted octanol–water partition coefficient (Wildman–Crippen LogP) is 1.88. The van der Waals surface area contributed by atoms with Crippen molar-refractivity contribution in [2.75, 3.05) is 30.8 Å². The lowest BCUT2D eigenvalue weighted by Crippen LogP contribution is -2.11. The van der Waals surface area contributed by atoms with Gasteiger partial charge in [-0.1, -0.05) is 13.0 Å². The molecule has 0 aliphatic rings. The minimum atomic E-state index is -0.224. The van der Waals surface area contributed by atoms with Gasteiger partial charge in [0, 0.05) is 13.1 Å². The number of anilines is 2. The van der Waals surface area contributed by atoms with Crippen molar-refractivity contribution in [1.82, 2.24) is 4.98 Å². The molecule has 0 atom stereocenters. The van der Waals surface area contributed by atoms with E-state index in [9.17, 15) is 4.79 Å². The summed E-state index contributed by atoms with van der Waals surface area (Å²) in [5, 5.41) is 6.28. The highest BCUT2D eigenvalue weighted by molar-refractivity contribution is 5.69. The van der Waals surface area contributed by atoms with Crippen molar-refractivity contribution in [2.45, 2.75) is 19.8 Å². The molecule has 5 nitrogen and oxygen atoms in total. The third-order valence-electron chi connectivity index (χ3n) is 2.17. The largest absolute Gasteiger partial charge is 0.469 e. The second kappa shape index (κ2) is 7.49. The van der Waals surface area contributed by atoms with Crippen LogP contribution < -0.4 is 10.6 Å². The van der Waals surface area contributed by atoms with Gasteiger partial charge in [0.25, 0.3) is 0 Å². The third kappa shape index (κ3) is 5.19. The summed E-state index contributed by atoms with van der Waals surface area (Å²) in [6.45, 7) is 3.53. The number of hydrogen-bond donors (Lipinski definition) is 2. The lowest BCUT2D eigenvalue weighted by Gasteiger charge is -2.08. The quantitative estimate of drug-likeness (QED) is 0.709. The van der Waals surface area contributed by atoms with Crippen LogP contribution >= 0.6 is 0 Å². The zero-order valence-electron chi connectivity index (χ0n) is 10.3. The number of carbonyl (C=O) groups is 1. The molecule has 0 spiro atoms. The van der Waals surface area contributed by atoms with Gasteiger partial charge in [-0.3, -0.25) is 4.79 Å². The van der Waals surface area contributed by atoms with E-state index in [-0.39, 0.29) is 5.97 Å². The first-order chi connectivity index (χ1) is 8.26. The molecule has 1 rings (SSSR count). The Bertz CT molecular complexity index is 355. The number of pyridine rings is 1. The molecule has 0 radical (unpaired) electrons. The SMILES string of the molecule is CCCNc1cccc(NCCC(=O)OC)n1. The van der Waals surface area contributed by atoms with E-state index < -0.39 is 0 Å².